The molecule has 2 aromatic rings. The molecular formula is C20H30Cl2CuN2O10S. The summed E-state index contributed by atoms with van der Waals surface area (Å²) in [4.78, 5) is 6.59. The average Bonchev–Trinajstić information content (AvgIpc) is 2.76. The first-order valence-electron chi connectivity index (χ1n) is 9.83. The first-order chi connectivity index (χ1) is 16.1. The van der Waals surface area contributed by atoms with Gasteiger partial charge < -0.3 is 10.0 Å². The van der Waals surface area contributed by atoms with Gasteiger partial charge in [0.25, 0.3) is 0 Å². The standard InChI is InChI=1S/C19H26N2OS.CH4O.2ClHO4.Cu/c1-17(23(22)15-12-18-8-4-3-5-9-18)16-21(2)14-11-19-10-6-7-13-20-19;1-2;2*2-1(3,4)5;/h3-10,13,17H,11-12,14-16H2,1-2H3;2H,1H3;2*(H,2,3,4,5);/q;;;;+2/p-2/t17-,23+;;;;/m0..../s1. The minimum absolute atomic E-state index is 0. The van der Waals surface area contributed by atoms with E-state index in [1.165, 1.54) is 5.56 Å². The zero-order valence-electron chi connectivity index (χ0n) is 19.8. The van der Waals surface area contributed by atoms with Crippen molar-refractivity contribution in [2.75, 3.05) is 33.0 Å². The van der Waals surface area contributed by atoms with Crippen molar-refractivity contribution in [3.8, 4) is 0 Å². The Balaban J connectivity index is -0.000000704. The largest absolute Gasteiger partial charge is 2.00 e. The Morgan fingerprint density at radius 1 is 0.889 bits per heavy atom. The van der Waals surface area contributed by atoms with Gasteiger partial charge in [0.1, 0.15) is 0 Å². The van der Waals surface area contributed by atoms with Crippen molar-refractivity contribution >= 4 is 10.8 Å². The van der Waals surface area contributed by atoms with Crippen LogP contribution >= 0.6 is 0 Å². The summed E-state index contributed by atoms with van der Waals surface area (Å²) in [6.07, 6.45) is 3.65. The number of nitrogens with zero attached hydrogens (tertiary/aromatic N) is 2. The van der Waals surface area contributed by atoms with E-state index >= 15 is 0 Å². The van der Waals surface area contributed by atoms with Gasteiger partial charge in [-0.05, 0) is 38.1 Å². The molecule has 1 N–H and O–H groups in total. The van der Waals surface area contributed by atoms with Crippen molar-refractivity contribution in [3.05, 3.63) is 66.0 Å². The van der Waals surface area contributed by atoms with Crippen molar-refractivity contribution < 1.29 is 84.1 Å². The Bertz CT molecular complexity index is 764. The number of hydrogen-bond donors (Lipinski definition) is 1. The fourth-order valence-electron chi connectivity index (χ4n) is 2.53. The molecule has 211 valence electrons. The first-order valence-corrected chi connectivity index (χ1v) is 13.7. The molecule has 0 bridgehead atoms. The van der Waals surface area contributed by atoms with Gasteiger partial charge in [-0.15, -0.1) is 20.5 Å². The third-order valence-corrected chi connectivity index (χ3v) is 5.58. The van der Waals surface area contributed by atoms with Gasteiger partial charge in [0.05, 0.1) is 0 Å². The van der Waals surface area contributed by atoms with Crippen molar-refractivity contribution in [2.24, 2.45) is 0 Å². The van der Waals surface area contributed by atoms with Crippen LogP contribution in [0.1, 0.15) is 18.2 Å². The summed E-state index contributed by atoms with van der Waals surface area (Å²) in [6, 6.07) is 16.3. The smallest absolute Gasteiger partial charge is 0.400 e. The summed E-state index contributed by atoms with van der Waals surface area (Å²) in [6.45, 7) is 3.88. The minimum Gasteiger partial charge on any atom is -0.400 e. The van der Waals surface area contributed by atoms with Crippen molar-refractivity contribution in [2.45, 2.75) is 25.0 Å². The summed E-state index contributed by atoms with van der Waals surface area (Å²) < 4.78 is 80.3. The molecule has 0 saturated carbocycles. The van der Waals surface area contributed by atoms with E-state index < -0.39 is 31.3 Å². The Morgan fingerprint density at radius 2 is 1.36 bits per heavy atom. The molecule has 0 unspecified atom stereocenters. The number of pyridine rings is 1. The second-order valence-corrected chi connectivity index (χ2v) is 10.2. The second kappa shape index (κ2) is 22.2. The maximum Gasteiger partial charge on any atom is 2.00 e. The number of likely N-dealkylation sites (N-methyl/N-ethyl adjacent to an activating group) is 1. The molecular weight excluding hydrogens is 595 g/mol. The zero-order valence-corrected chi connectivity index (χ0v) is 23.1. The third kappa shape index (κ3) is 31.2. The quantitative estimate of drug-likeness (QED) is 0.256. The van der Waals surface area contributed by atoms with Crippen molar-refractivity contribution in [3.63, 3.8) is 0 Å². The molecule has 1 aromatic carbocycles. The summed E-state index contributed by atoms with van der Waals surface area (Å²) in [5.41, 5.74) is 2.37. The van der Waals surface area contributed by atoms with Gasteiger partial charge >= 0.3 is 17.1 Å². The number of aromatic nitrogens is 1. The maximum absolute atomic E-state index is 12.4. The van der Waals surface area contributed by atoms with Crippen molar-refractivity contribution in [1.82, 2.24) is 9.88 Å². The van der Waals surface area contributed by atoms with E-state index in [2.05, 4.69) is 42.1 Å². The first kappa shape index (κ1) is 39.7. The molecule has 12 nitrogen and oxygen atoms in total. The van der Waals surface area contributed by atoms with Crippen LogP contribution in [0.5, 0.6) is 0 Å². The molecule has 0 fully saturated rings. The van der Waals surface area contributed by atoms with E-state index in [9.17, 15) is 4.21 Å². The van der Waals surface area contributed by atoms with Gasteiger partial charge in [-0.1, -0.05) is 36.4 Å². The number of benzene rings is 1. The van der Waals surface area contributed by atoms with E-state index in [1.54, 1.807) is 0 Å². The van der Waals surface area contributed by atoms with Crippen LogP contribution in [0.3, 0.4) is 0 Å². The molecule has 36 heavy (non-hydrogen) atoms. The van der Waals surface area contributed by atoms with Gasteiger partial charge in [0.15, 0.2) is 0 Å². The van der Waals surface area contributed by atoms with Crippen LogP contribution in [0.25, 0.3) is 0 Å². The van der Waals surface area contributed by atoms with Gasteiger partial charge in [0, 0.05) is 60.3 Å². The zero-order chi connectivity index (χ0) is 27.5. The molecule has 16 heteroatoms. The van der Waals surface area contributed by atoms with Gasteiger partial charge in [-0.2, -0.15) is 0 Å². The van der Waals surface area contributed by atoms with Crippen LogP contribution in [0.4, 0.5) is 0 Å². The van der Waals surface area contributed by atoms with E-state index in [-0.39, 0.29) is 22.3 Å². The summed E-state index contributed by atoms with van der Waals surface area (Å²) in [5, 5.41) is 7.19. The van der Waals surface area contributed by atoms with Gasteiger partial charge in [-0.3, -0.25) is 9.19 Å². The molecule has 1 radical (unpaired) electrons. The number of aliphatic hydroxyl groups excluding tert-OH is 1. The molecule has 2 atom stereocenters. The summed E-state index contributed by atoms with van der Waals surface area (Å²) in [7, 11) is -7.59. The molecule has 0 amide bonds. The Hall–Kier alpha value is -0.781. The summed E-state index contributed by atoms with van der Waals surface area (Å²) >= 11 is 0. The number of hydrogen-bond acceptors (Lipinski definition) is 12. The molecule has 0 aliphatic rings. The minimum atomic E-state index is -4.94. The Labute approximate surface area is 228 Å². The molecule has 0 aliphatic heterocycles. The van der Waals surface area contributed by atoms with E-state index in [1.807, 2.05) is 36.5 Å². The Kier molecular flexibility index (Phi) is 24.5. The molecule has 1 aromatic heterocycles. The van der Waals surface area contributed by atoms with Gasteiger partial charge in [-0.25, -0.2) is 37.3 Å². The maximum atomic E-state index is 12.4. The fraction of sp³-hybridized carbons (Fsp3) is 0.450. The molecule has 0 aliphatic carbocycles. The van der Waals surface area contributed by atoms with Gasteiger partial charge in [0.2, 0.25) is 0 Å². The number of aliphatic hydroxyl groups is 1. The second-order valence-electron chi connectivity index (χ2n) is 6.72. The normalized spacial score (nSPS) is 12.4. The van der Waals surface area contributed by atoms with E-state index in [0.29, 0.717) is 0 Å². The molecule has 0 saturated heterocycles. The Morgan fingerprint density at radius 3 is 1.81 bits per heavy atom. The fourth-order valence-corrected chi connectivity index (χ4v) is 3.79. The average molecular weight is 625 g/mol. The predicted molar refractivity (Wildman–Crippen MR) is 106 cm³/mol. The van der Waals surface area contributed by atoms with Crippen LogP contribution in [0.15, 0.2) is 54.7 Å². The molecule has 2 rings (SSSR count). The number of rotatable bonds is 9. The van der Waals surface area contributed by atoms with Crippen LogP contribution in [-0.4, -0.2) is 57.4 Å². The monoisotopic (exact) mass is 623 g/mol. The van der Waals surface area contributed by atoms with E-state index in [0.717, 1.165) is 44.5 Å². The van der Waals surface area contributed by atoms with Crippen molar-refractivity contribution in [1.29, 1.82) is 0 Å². The predicted octanol–water partition coefficient (Wildman–Crippen LogP) is -6.97. The van der Waals surface area contributed by atoms with Crippen LogP contribution in [-0.2, 0) is 40.7 Å². The molecule has 0 spiro atoms. The van der Waals surface area contributed by atoms with Crippen LogP contribution in [0.2, 0.25) is 0 Å². The molecule has 1 heterocycles. The third-order valence-electron chi connectivity index (χ3n) is 3.93. The van der Waals surface area contributed by atoms with Crippen LogP contribution < -0.4 is 37.3 Å². The summed E-state index contributed by atoms with van der Waals surface area (Å²) in [5.74, 6) is 0.735. The van der Waals surface area contributed by atoms with Crippen LogP contribution in [0, 0.1) is 20.5 Å². The van der Waals surface area contributed by atoms with E-state index in [4.69, 9.17) is 42.4 Å². The topological polar surface area (TPSA) is 238 Å². The SMILES string of the molecule is CO.C[C@@H](CN(C)CCc1ccccn1)[S@](=O)CCc1ccccc1.[Cu+2].[O-][Cl+3]([O-])([O-])[O-].[O-][Cl+3]([O-])([O-])[O-]. The number of halogens is 2. The number of aryl methyl sites for hydroxylation is 1.